The van der Waals surface area contributed by atoms with Gasteiger partial charge >= 0.3 is 0 Å². The van der Waals surface area contributed by atoms with Crippen LogP contribution in [0.1, 0.15) is 33.3 Å². The van der Waals surface area contributed by atoms with Crippen LogP contribution in [0.3, 0.4) is 0 Å². The Hall–Kier alpha value is -3.81. The first kappa shape index (κ1) is 23.8. The van der Waals surface area contributed by atoms with Crippen molar-refractivity contribution in [2.24, 2.45) is 5.92 Å². The number of imidazole rings is 1. The van der Waals surface area contributed by atoms with Crippen molar-refractivity contribution in [3.8, 4) is 0 Å². The van der Waals surface area contributed by atoms with Gasteiger partial charge in [0.15, 0.2) is 17.0 Å². The van der Waals surface area contributed by atoms with Crippen LogP contribution in [-0.2, 0) is 13.0 Å². The lowest BCUT2D eigenvalue weighted by molar-refractivity contribution is 0.683. The molecule has 2 aromatic heterocycles. The maximum Gasteiger partial charge on any atom is 0.226 e. The average molecular weight is 447 g/mol. The van der Waals surface area contributed by atoms with E-state index in [0.717, 1.165) is 42.0 Å². The monoisotopic (exact) mass is 446 g/mol. The number of nitrogens with one attached hydrogen (secondary N) is 2. The molecule has 0 amide bonds. The smallest absolute Gasteiger partial charge is 0.226 e. The third-order valence-electron chi connectivity index (χ3n) is 4.90. The molecule has 6 N–H and O–H groups in total. The van der Waals surface area contributed by atoms with E-state index in [9.17, 15) is 0 Å². The van der Waals surface area contributed by atoms with Gasteiger partial charge in [0, 0.05) is 30.2 Å². The first-order chi connectivity index (χ1) is 16.0. The molecule has 0 fully saturated rings. The molecule has 8 nitrogen and oxygen atoms in total. The Balaban J connectivity index is 0.00000149. The van der Waals surface area contributed by atoms with Crippen LogP contribution in [-0.4, -0.2) is 26.1 Å². The second kappa shape index (κ2) is 11.2. The lowest BCUT2D eigenvalue weighted by Gasteiger charge is -2.12. The molecular weight excluding hydrogens is 412 g/mol. The Kier molecular flexibility index (Phi) is 8.07. The topological polar surface area (TPSA) is 120 Å². The molecule has 8 heteroatoms. The van der Waals surface area contributed by atoms with Crippen molar-refractivity contribution in [2.75, 3.05) is 28.6 Å². The summed E-state index contributed by atoms with van der Waals surface area (Å²) in [6.07, 6.45) is 2.66. The highest BCUT2D eigenvalue weighted by Gasteiger charge is 2.14. The third-order valence-corrected chi connectivity index (χ3v) is 4.90. The lowest BCUT2D eigenvalue weighted by atomic mass is 10.1. The fourth-order valence-electron chi connectivity index (χ4n) is 3.26. The molecule has 0 atom stereocenters. The molecule has 2 heterocycles. The van der Waals surface area contributed by atoms with Crippen molar-refractivity contribution in [2.45, 2.75) is 40.7 Å². The number of aromatic nitrogens is 4. The number of hydrogen-bond acceptors (Lipinski definition) is 7. The molecule has 4 rings (SSSR count). The van der Waals surface area contributed by atoms with E-state index in [1.807, 2.05) is 68.7 Å². The van der Waals surface area contributed by atoms with Gasteiger partial charge in [0.05, 0.1) is 6.33 Å². The summed E-state index contributed by atoms with van der Waals surface area (Å²) in [6.45, 7) is 9.82. The predicted molar refractivity (Wildman–Crippen MR) is 139 cm³/mol. The summed E-state index contributed by atoms with van der Waals surface area (Å²) in [5.41, 5.74) is 16.7. The average Bonchev–Trinajstić information content (AvgIpc) is 3.22. The number of nitrogens with zero attached hydrogens (tertiary/aromatic N) is 4. The van der Waals surface area contributed by atoms with E-state index in [0.29, 0.717) is 23.4 Å². The quantitative estimate of drug-likeness (QED) is 0.279. The van der Waals surface area contributed by atoms with Crippen molar-refractivity contribution < 1.29 is 0 Å². The Labute approximate surface area is 195 Å². The van der Waals surface area contributed by atoms with Crippen LogP contribution in [0.4, 0.5) is 28.8 Å². The molecule has 0 radical (unpaired) electrons. The van der Waals surface area contributed by atoms with Crippen LogP contribution in [0.2, 0.25) is 0 Å². The van der Waals surface area contributed by atoms with Crippen molar-refractivity contribution >= 4 is 40.0 Å². The van der Waals surface area contributed by atoms with Crippen LogP contribution in [0.15, 0.2) is 54.9 Å². The van der Waals surface area contributed by atoms with Crippen molar-refractivity contribution in [1.29, 1.82) is 0 Å². The molecule has 2 aromatic carbocycles. The standard InChI is InChI=1S/C23H28N8.C2H6/c1-15(2)13-26-23-29-21(28-19-5-3-4-18(25)12-19)20-22(30-23)31(14-27-20)11-10-16-6-8-17(24)9-7-16;1-2/h3-9,12,14-15H,10-11,13,24-25H2,1-2H3,(H2,26,28,29,30);1-2H3. The molecule has 4 aromatic rings. The summed E-state index contributed by atoms with van der Waals surface area (Å²) in [5.74, 6) is 1.69. The highest BCUT2D eigenvalue weighted by molar-refractivity contribution is 5.86. The summed E-state index contributed by atoms with van der Waals surface area (Å²) < 4.78 is 2.05. The summed E-state index contributed by atoms with van der Waals surface area (Å²) in [5, 5.41) is 6.68. The zero-order chi connectivity index (χ0) is 23.8. The lowest BCUT2D eigenvalue weighted by Crippen LogP contribution is -2.12. The minimum atomic E-state index is 0.472. The Bertz CT molecular complexity index is 1160. The predicted octanol–water partition coefficient (Wildman–Crippen LogP) is 5.07. The van der Waals surface area contributed by atoms with Gasteiger partial charge in [0.25, 0.3) is 0 Å². The highest BCUT2D eigenvalue weighted by atomic mass is 15.2. The largest absolute Gasteiger partial charge is 0.399 e. The molecular formula is C25H34N8. The fraction of sp³-hybridized carbons (Fsp3) is 0.320. The summed E-state index contributed by atoms with van der Waals surface area (Å²) >= 11 is 0. The summed E-state index contributed by atoms with van der Waals surface area (Å²) in [6, 6.07) is 15.5. The van der Waals surface area contributed by atoms with Gasteiger partial charge < -0.3 is 26.7 Å². The Morgan fingerprint density at radius 1 is 0.970 bits per heavy atom. The van der Waals surface area contributed by atoms with Crippen LogP contribution in [0, 0.1) is 5.92 Å². The molecule has 0 aliphatic carbocycles. The first-order valence-corrected chi connectivity index (χ1v) is 11.4. The summed E-state index contributed by atoms with van der Waals surface area (Å²) in [7, 11) is 0. The maximum atomic E-state index is 5.93. The van der Waals surface area contributed by atoms with E-state index in [1.165, 1.54) is 5.56 Å². The summed E-state index contributed by atoms with van der Waals surface area (Å²) in [4.78, 5) is 14.0. The van der Waals surface area contributed by atoms with E-state index in [1.54, 1.807) is 0 Å². The molecule has 0 aliphatic heterocycles. The van der Waals surface area contributed by atoms with Gasteiger partial charge in [-0.2, -0.15) is 9.97 Å². The zero-order valence-corrected chi connectivity index (χ0v) is 19.8. The van der Waals surface area contributed by atoms with E-state index < -0.39 is 0 Å². The van der Waals surface area contributed by atoms with Crippen LogP contribution < -0.4 is 22.1 Å². The number of hydrogen-bond donors (Lipinski definition) is 4. The first-order valence-electron chi connectivity index (χ1n) is 11.4. The maximum absolute atomic E-state index is 5.93. The molecule has 0 bridgehead atoms. The van der Waals surface area contributed by atoms with Gasteiger partial charge in [-0.1, -0.05) is 45.9 Å². The van der Waals surface area contributed by atoms with Gasteiger partial charge in [-0.3, -0.25) is 0 Å². The molecule has 33 heavy (non-hydrogen) atoms. The van der Waals surface area contributed by atoms with E-state index >= 15 is 0 Å². The van der Waals surface area contributed by atoms with E-state index in [-0.39, 0.29) is 0 Å². The fourth-order valence-corrected chi connectivity index (χ4v) is 3.26. The minimum absolute atomic E-state index is 0.472. The van der Waals surface area contributed by atoms with Gasteiger partial charge in [-0.05, 0) is 48.2 Å². The number of nitrogens with two attached hydrogens (primary N) is 2. The molecule has 174 valence electrons. The van der Waals surface area contributed by atoms with Crippen molar-refractivity contribution in [3.63, 3.8) is 0 Å². The Morgan fingerprint density at radius 2 is 1.73 bits per heavy atom. The molecule has 0 saturated carbocycles. The normalized spacial score (nSPS) is 10.7. The SMILES string of the molecule is CC.CC(C)CNc1nc(Nc2cccc(N)c2)c2ncn(CCc3ccc(N)cc3)c2n1. The number of rotatable bonds is 8. The molecule has 0 spiro atoms. The second-order valence-electron chi connectivity index (χ2n) is 8.02. The number of anilines is 5. The van der Waals surface area contributed by atoms with Gasteiger partial charge in [-0.25, -0.2) is 4.98 Å². The van der Waals surface area contributed by atoms with E-state index in [4.69, 9.17) is 16.5 Å². The van der Waals surface area contributed by atoms with Crippen LogP contribution in [0.25, 0.3) is 11.2 Å². The van der Waals surface area contributed by atoms with Crippen LogP contribution in [0.5, 0.6) is 0 Å². The number of aryl methyl sites for hydroxylation is 2. The second-order valence-corrected chi connectivity index (χ2v) is 8.02. The number of fused-ring (bicyclic) bond motifs is 1. The van der Waals surface area contributed by atoms with Gasteiger partial charge in [-0.15, -0.1) is 0 Å². The minimum Gasteiger partial charge on any atom is -0.399 e. The van der Waals surface area contributed by atoms with Gasteiger partial charge in [0.2, 0.25) is 5.95 Å². The third kappa shape index (κ3) is 6.35. The molecule has 0 unspecified atom stereocenters. The highest BCUT2D eigenvalue weighted by Crippen LogP contribution is 2.25. The van der Waals surface area contributed by atoms with Gasteiger partial charge in [0.1, 0.15) is 0 Å². The zero-order valence-electron chi connectivity index (χ0n) is 19.8. The Morgan fingerprint density at radius 3 is 2.42 bits per heavy atom. The number of nitrogen functional groups attached to an aromatic ring is 2. The van der Waals surface area contributed by atoms with Crippen LogP contribution >= 0.6 is 0 Å². The number of benzene rings is 2. The molecule has 0 aliphatic rings. The van der Waals surface area contributed by atoms with Crippen molar-refractivity contribution in [3.05, 3.63) is 60.4 Å². The van der Waals surface area contributed by atoms with Crippen molar-refractivity contribution in [1.82, 2.24) is 19.5 Å². The van der Waals surface area contributed by atoms with E-state index in [2.05, 4.69) is 39.0 Å². The molecule has 0 saturated heterocycles.